The van der Waals surface area contributed by atoms with Gasteiger partial charge in [-0.15, -0.1) is 0 Å². The number of para-hydroxylation sites is 1. The Balaban J connectivity index is 1.93. The Morgan fingerprint density at radius 1 is 1.14 bits per heavy atom. The molecule has 0 N–H and O–H groups in total. The molecule has 1 fully saturated rings. The number of benzene rings is 2. The molecule has 2 aromatic rings. The molecule has 146 valence electrons. The minimum Gasteiger partial charge on any atom is -0.378 e. The zero-order chi connectivity index (χ0) is 20.3. The zero-order valence-electron chi connectivity index (χ0n) is 16.5. The van der Waals surface area contributed by atoms with Crippen molar-refractivity contribution in [3.05, 3.63) is 64.0 Å². The smallest absolute Gasteiger partial charge is 0.266 e. The molecular weight excluding hydrogens is 390 g/mol. The molecule has 0 bridgehead atoms. The molecule has 0 aromatic heterocycles. The molecule has 6 heteroatoms. The lowest BCUT2D eigenvalue weighted by molar-refractivity contribution is -0.122. The van der Waals surface area contributed by atoms with Crippen molar-refractivity contribution in [2.45, 2.75) is 13.8 Å². The molecule has 0 radical (unpaired) electrons. The molecule has 28 heavy (non-hydrogen) atoms. The number of amidine groups is 1. The number of rotatable bonds is 5. The third-order valence-corrected chi connectivity index (χ3v) is 5.54. The lowest BCUT2D eigenvalue weighted by atomic mass is 10.1. The van der Waals surface area contributed by atoms with E-state index in [1.165, 1.54) is 11.8 Å². The summed E-state index contributed by atoms with van der Waals surface area (Å²) in [5, 5.41) is 1.24. The number of hydrogen-bond donors (Lipinski definition) is 0. The molecule has 3 rings (SSSR count). The van der Waals surface area contributed by atoms with Crippen LogP contribution in [0, 0.1) is 5.92 Å². The molecule has 1 amide bonds. The Kier molecular flexibility index (Phi) is 6.47. The highest BCUT2D eigenvalue weighted by molar-refractivity contribution is 8.18. The number of carbonyl (C=O) groups is 1. The lowest BCUT2D eigenvalue weighted by Crippen LogP contribution is -2.32. The van der Waals surface area contributed by atoms with E-state index in [2.05, 4.69) is 18.8 Å². The summed E-state index contributed by atoms with van der Waals surface area (Å²) in [7, 11) is 4.01. The first-order valence-electron chi connectivity index (χ1n) is 9.17. The van der Waals surface area contributed by atoms with E-state index in [-0.39, 0.29) is 5.91 Å². The number of carbonyl (C=O) groups excluding carboxylic acids is 1. The van der Waals surface area contributed by atoms with Gasteiger partial charge >= 0.3 is 0 Å². The Bertz CT molecular complexity index is 920. The van der Waals surface area contributed by atoms with E-state index in [1.54, 1.807) is 11.0 Å². The maximum atomic E-state index is 13.0. The maximum absolute atomic E-state index is 13.0. The monoisotopic (exact) mass is 413 g/mol. The van der Waals surface area contributed by atoms with Crippen LogP contribution in [-0.2, 0) is 4.79 Å². The zero-order valence-corrected chi connectivity index (χ0v) is 18.1. The first kappa shape index (κ1) is 20.5. The van der Waals surface area contributed by atoms with Crippen LogP contribution in [0.5, 0.6) is 0 Å². The van der Waals surface area contributed by atoms with Crippen LogP contribution >= 0.6 is 23.4 Å². The van der Waals surface area contributed by atoms with Gasteiger partial charge in [-0.1, -0.05) is 49.7 Å². The quantitative estimate of drug-likeness (QED) is 0.593. The Hall–Kier alpha value is -2.24. The van der Waals surface area contributed by atoms with Crippen molar-refractivity contribution >= 4 is 51.9 Å². The summed E-state index contributed by atoms with van der Waals surface area (Å²) in [6, 6.07) is 15.5. The van der Waals surface area contributed by atoms with Crippen molar-refractivity contribution in [1.82, 2.24) is 4.90 Å². The van der Waals surface area contributed by atoms with Crippen LogP contribution in [0.2, 0.25) is 5.02 Å². The van der Waals surface area contributed by atoms with Crippen LogP contribution in [0.1, 0.15) is 19.4 Å². The van der Waals surface area contributed by atoms with Gasteiger partial charge in [0.15, 0.2) is 5.17 Å². The summed E-state index contributed by atoms with van der Waals surface area (Å²) in [5.74, 6) is 0.320. The van der Waals surface area contributed by atoms with E-state index in [9.17, 15) is 4.79 Å². The van der Waals surface area contributed by atoms with Gasteiger partial charge in [0.1, 0.15) is 0 Å². The SMILES string of the molecule is CC(C)CN1C(=O)/C(=C\c2ccc(N(C)C)cc2)SC1=Nc1ccccc1Cl. The highest BCUT2D eigenvalue weighted by atomic mass is 35.5. The fourth-order valence-corrected chi connectivity index (χ4v) is 3.96. The molecule has 2 aromatic carbocycles. The number of nitrogens with zero attached hydrogens (tertiary/aromatic N) is 3. The highest BCUT2D eigenvalue weighted by Crippen LogP contribution is 2.36. The van der Waals surface area contributed by atoms with Gasteiger partial charge in [-0.05, 0) is 53.6 Å². The largest absolute Gasteiger partial charge is 0.378 e. The Morgan fingerprint density at radius 3 is 2.43 bits per heavy atom. The van der Waals surface area contributed by atoms with Crippen LogP contribution in [0.3, 0.4) is 0 Å². The third-order valence-electron chi connectivity index (χ3n) is 4.21. The van der Waals surface area contributed by atoms with E-state index in [1.807, 2.05) is 67.5 Å². The summed E-state index contributed by atoms with van der Waals surface area (Å²) in [6.07, 6.45) is 1.93. The fourth-order valence-electron chi connectivity index (χ4n) is 2.78. The second kappa shape index (κ2) is 8.84. The number of amides is 1. The van der Waals surface area contributed by atoms with E-state index in [0.717, 1.165) is 11.3 Å². The van der Waals surface area contributed by atoms with Gasteiger partial charge in [-0.25, -0.2) is 4.99 Å². The average molecular weight is 414 g/mol. The van der Waals surface area contributed by atoms with E-state index in [0.29, 0.717) is 33.2 Å². The molecule has 0 aliphatic carbocycles. The van der Waals surface area contributed by atoms with E-state index >= 15 is 0 Å². The fraction of sp³-hybridized carbons (Fsp3) is 0.273. The molecule has 1 aliphatic heterocycles. The maximum Gasteiger partial charge on any atom is 0.266 e. The summed E-state index contributed by atoms with van der Waals surface area (Å²) in [4.78, 5) is 22.2. The summed E-state index contributed by atoms with van der Waals surface area (Å²) in [5.41, 5.74) is 2.78. The molecule has 1 heterocycles. The molecule has 1 aliphatic rings. The number of halogens is 1. The molecule has 0 saturated carbocycles. The summed E-state index contributed by atoms with van der Waals surface area (Å²) in [6.45, 7) is 4.80. The third kappa shape index (κ3) is 4.78. The van der Waals surface area contributed by atoms with Gasteiger partial charge in [0, 0.05) is 26.3 Å². The van der Waals surface area contributed by atoms with Crippen molar-refractivity contribution in [3.8, 4) is 0 Å². The first-order chi connectivity index (χ1) is 13.3. The van der Waals surface area contributed by atoms with Crippen LogP contribution in [0.4, 0.5) is 11.4 Å². The lowest BCUT2D eigenvalue weighted by Gasteiger charge is -2.17. The van der Waals surface area contributed by atoms with Gasteiger partial charge in [0.05, 0.1) is 15.6 Å². The predicted molar refractivity (Wildman–Crippen MR) is 121 cm³/mol. The number of thioether (sulfide) groups is 1. The highest BCUT2D eigenvalue weighted by Gasteiger charge is 2.33. The van der Waals surface area contributed by atoms with Crippen molar-refractivity contribution < 1.29 is 4.79 Å². The standard InChI is InChI=1S/C22H24ClN3OS/c1-15(2)14-26-21(27)20(13-16-9-11-17(12-10-16)25(3)4)28-22(26)24-19-8-6-5-7-18(19)23/h5-13,15H,14H2,1-4H3/b20-13+,24-22?. The Labute approximate surface area is 175 Å². The van der Waals surface area contributed by atoms with Gasteiger partial charge in [0.2, 0.25) is 0 Å². The molecule has 4 nitrogen and oxygen atoms in total. The molecule has 0 unspecified atom stereocenters. The summed E-state index contributed by atoms with van der Waals surface area (Å²) < 4.78 is 0. The van der Waals surface area contributed by atoms with Crippen molar-refractivity contribution in [1.29, 1.82) is 0 Å². The Morgan fingerprint density at radius 2 is 1.82 bits per heavy atom. The minimum absolute atomic E-state index is 0.0128. The van der Waals surface area contributed by atoms with Gasteiger partial charge in [0.25, 0.3) is 5.91 Å². The van der Waals surface area contributed by atoms with Crippen LogP contribution in [0.25, 0.3) is 6.08 Å². The van der Waals surface area contributed by atoms with E-state index < -0.39 is 0 Å². The summed E-state index contributed by atoms with van der Waals surface area (Å²) >= 11 is 7.66. The molecule has 0 spiro atoms. The molecule has 1 saturated heterocycles. The van der Waals surface area contributed by atoms with Crippen LogP contribution < -0.4 is 4.90 Å². The first-order valence-corrected chi connectivity index (χ1v) is 10.4. The number of hydrogen-bond acceptors (Lipinski definition) is 4. The molecule has 0 atom stereocenters. The predicted octanol–water partition coefficient (Wildman–Crippen LogP) is 5.67. The second-order valence-electron chi connectivity index (χ2n) is 7.25. The van der Waals surface area contributed by atoms with Crippen molar-refractivity contribution in [3.63, 3.8) is 0 Å². The van der Waals surface area contributed by atoms with Gasteiger partial charge < -0.3 is 4.90 Å². The van der Waals surface area contributed by atoms with Crippen molar-refractivity contribution in [2.24, 2.45) is 10.9 Å². The minimum atomic E-state index is -0.0128. The molecular formula is C22H24ClN3OS. The topological polar surface area (TPSA) is 35.9 Å². The number of anilines is 1. The normalized spacial score (nSPS) is 17.2. The van der Waals surface area contributed by atoms with Crippen molar-refractivity contribution in [2.75, 3.05) is 25.5 Å². The second-order valence-corrected chi connectivity index (χ2v) is 8.67. The van der Waals surface area contributed by atoms with Crippen LogP contribution in [0.15, 0.2) is 58.4 Å². The van der Waals surface area contributed by atoms with E-state index in [4.69, 9.17) is 11.6 Å². The van der Waals surface area contributed by atoms with Gasteiger partial charge in [-0.2, -0.15) is 0 Å². The van der Waals surface area contributed by atoms with Gasteiger partial charge in [-0.3, -0.25) is 9.69 Å². The van der Waals surface area contributed by atoms with Crippen LogP contribution in [-0.4, -0.2) is 36.6 Å². The number of aliphatic imine (C=N–C) groups is 1. The average Bonchev–Trinajstić information content (AvgIpc) is 2.92.